The molecular formula is C20H25F3N6O. The van der Waals surface area contributed by atoms with Gasteiger partial charge in [-0.15, -0.1) is 0 Å². The van der Waals surface area contributed by atoms with E-state index in [9.17, 15) is 13.2 Å². The minimum atomic E-state index is -4.42. The molecule has 1 aliphatic heterocycles. The van der Waals surface area contributed by atoms with E-state index >= 15 is 0 Å². The van der Waals surface area contributed by atoms with Gasteiger partial charge in [-0.25, -0.2) is 15.0 Å². The number of anilines is 1. The Balaban J connectivity index is 1.64. The first kappa shape index (κ1) is 21.7. The zero-order valence-electron chi connectivity index (χ0n) is 16.8. The SMILES string of the molecule is CCNC(=NCc1cccnc1OCC(F)(F)F)N1CCN(c2ccccn2)CC1. The number of guanidine groups is 1. The van der Waals surface area contributed by atoms with Crippen LogP contribution in [0.1, 0.15) is 12.5 Å². The van der Waals surface area contributed by atoms with E-state index in [-0.39, 0.29) is 12.4 Å². The Hall–Kier alpha value is -3.04. The lowest BCUT2D eigenvalue weighted by molar-refractivity contribution is -0.154. The highest BCUT2D eigenvalue weighted by Gasteiger charge is 2.29. The molecule has 0 aliphatic carbocycles. The van der Waals surface area contributed by atoms with Crippen molar-refractivity contribution in [3.05, 3.63) is 48.3 Å². The zero-order valence-corrected chi connectivity index (χ0v) is 16.8. The molecule has 2 aromatic heterocycles. The first-order chi connectivity index (χ1) is 14.5. The number of nitrogens with zero attached hydrogens (tertiary/aromatic N) is 5. The summed E-state index contributed by atoms with van der Waals surface area (Å²) in [6, 6.07) is 9.17. The van der Waals surface area contributed by atoms with Crippen molar-refractivity contribution in [1.29, 1.82) is 0 Å². The van der Waals surface area contributed by atoms with Crippen LogP contribution in [0.15, 0.2) is 47.7 Å². The van der Waals surface area contributed by atoms with Crippen LogP contribution >= 0.6 is 0 Å². The number of piperazine rings is 1. The van der Waals surface area contributed by atoms with Gasteiger partial charge in [0.15, 0.2) is 12.6 Å². The van der Waals surface area contributed by atoms with Crippen LogP contribution in [0, 0.1) is 0 Å². The predicted molar refractivity (Wildman–Crippen MR) is 109 cm³/mol. The van der Waals surface area contributed by atoms with Crippen LogP contribution in [0.25, 0.3) is 0 Å². The van der Waals surface area contributed by atoms with E-state index in [1.54, 1.807) is 18.3 Å². The van der Waals surface area contributed by atoms with E-state index < -0.39 is 12.8 Å². The molecule has 10 heteroatoms. The molecule has 0 aromatic carbocycles. The molecule has 1 fully saturated rings. The molecule has 3 rings (SSSR count). The second kappa shape index (κ2) is 10.1. The van der Waals surface area contributed by atoms with E-state index in [2.05, 4.69) is 30.1 Å². The van der Waals surface area contributed by atoms with Crippen molar-refractivity contribution in [2.45, 2.75) is 19.6 Å². The minimum absolute atomic E-state index is 0.0469. The zero-order chi connectivity index (χ0) is 21.4. The molecule has 2 aromatic rings. The van der Waals surface area contributed by atoms with Crippen molar-refractivity contribution in [2.75, 3.05) is 44.2 Å². The molecule has 0 spiro atoms. The molecule has 0 saturated carbocycles. The molecule has 0 radical (unpaired) electrons. The number of rotatable bonds is 6. The highest BCUT2D eigenvalue weighted by molar-refractivity contribution is 5.80. The van der Waals surface area contributed by atoms with Gasteiger partial charge >= 0.3 is 6.18 Å². The fraction of sp³-hybridized carbons (Fsp3) is 0.450. The number of hydrogen-bond acceptors (Lipinski definition) is 5. The summed E-state index contributed by atoms with van der Waals surface area (Å²) in [7, 11) is 0. The third-order valence-electron chi connectivity index (χ3n) is 4.51. The Morgan fingerprint density at radius 1 is 1.10 bits per heavy atom. The van der Waals surface area contributed by atoms with Gasteiger partial charge in [-0.2, -0.15) is 13.2 Å². The lowest BCUT2D eigenvalue weighted by Gasteiger charge is -2.37. The predicted octanol–water partition coefficient (Wildman–Crippen LogP) is 2.71. The molecule has 0 amide bonds. The van der Waals surface area contributed by atoms with Crippen molar-refractivity contribution in [3.8, 4) is 5.88 Å². The Bertz CT molecular complexity index is 823. The standard InChI is InChI=1S/C20H25F3N6O/c1-2-24-19(29-12-10-28(11-13-29)17-7-3-4-8-25-17)27-14-16-6-5-9-26-18(16)30-15-20(21,22)23/h3-9H,2,10-15H2,1H3,(H,24,27). The largest absolute Gasteiger partial charge is 0.468 e. The van der Waals surface area contributed by atoms with Crippen LogP contribution in [0.5, 0.6) is 5.88 Å². The van der Waals surface area contributed by atoms with Crippen molar-refractivity contribution >= 4 is 11.8 Å². The number of nitrogens with one attached hydrogen (secondary N) is 1. The van der Waals surface area contributed by atoms with Gasteiger partial charge < -0.3 is 19.9 Å². The molecule has 3 heterocycles. The van der Waals surface area contributed by atoms with Crippen molar-refractivity contribution in [2.24, 2.45) is 4.99 Å². The van der Waals surface area contributed by atoms with Crippen molar-refractivity contribution in [3.63, 3.8) is 0 Å². The Kier molecular flexibility index (Phi) is 7.31. The molecule has 1 saturated heterocycles. The van der Waals surface area contributed by atoms with Crippen molar-refractivity contribution in [1.82, 2.24) is 20.2 Å². The maximum atomic E-state index is 12.5. The van der Waals surface area contributed by atoms with Crippen LogP contribution in [0.4, 0.5) is 19.0 Å². The second-order valence-electron chi connectivity index (χ2n) is 6.70. The maximum Gasteiger partial charge on any atom is 0.422 e. The molecule has 0 bridgehead atoms. The van der Waals surface area contributed by atoms with Crippen LogP contribution in [-0.2, 0) is 6.54 Å². The monoisotopic (exact) mass is 422 g/mol. The summed E-state index contributed by atoms with van der Waals surface area (Å²) in [6.45, 7) is 4.56. The van der Waals surface area contributed by atoms with Gasteiger partial charge in [0.1, 0.15) is 5.82 Å². The average Bonchev–Trinajstić information content (AvgIpc) is 2.76. The lowest BCUT2D eigenvalue weighted by atomic mass is 10.2. The number of alkyl halides is 3. The molecular weight excluding hydrogens is 397 g/mol. The molecule has 0 atom stereocenters. The smallest absolute Gasteiger partial charge is 0.422 e. The number of aromatic nitrogens is 2. The summed E-state index contributed by atoms with van der Waals surface area (Å²) in [5, 5.41) is 3.25. The molecule has 162 valence electrons. The molecule has 0 unspecified atom stereocenters. The topological polar surface area (TPSA) is 65.9 Å². The molecule has 1 aliphatic rings. The highest BCUT2D eigenvalue weighted by atomic mass is 19.4. The summed E-state index contributed by atoms with van der Waals surface area (Å²) in [5.41, 5.74) is 0.504. The summed E-state index contributed by atoms with van der Waals surface area (Å²) in [6.07, 6.45) is -1.24. The number of aliphatic imine (C=N–C) groups is 1. The quantitative estimate of drug-likeness (QED) is 0.571. The number of hydrogen-bond donors (Lipinski definition) is 1. The van der Waals surface area contributed by atoms with Gasteiger partial charge in [-0.1, -0.05) is 12.1 Å². The number of ether oxygens (including phenoxy) is 1. The van der Waals surface area contributed by atoms with Gasteiger partial charge in [0.05, 0.1) is 6.54 Å². The van der Waals surface area contributed by atoms with Gasteiger partial charge in [0.25, 0.3) is 0 Å². The summed E-state index contributed by atoms with van der Waals surface area (Å²) in [5.74, 6) is 1.61. The average molecular weight is 422 g/mol. The van der Waals surface area contributed by atoms with Crippen molar-refractivity contribution < 1.29 is 17.9 Å². The van der Waals surface area contributed by atoms with E-state index in [4.69, 9.17) is 4.74 Å². The molecule has 7 nitrogen and oxygen atoms in total. The third-order valence-corrected chi connectivity index (χ3v) is 4.51. The number of pyridine rings is 2. The second-order valence-corrected chi connectivity index (χ2v) is 6.70. The highest BCUT2D eigenvalue weighted by Crippen LogP contribution is 2.21. The van der Waals surface area contributed by atoms with E-state index in [0.717, 1.165) is 32.0 Å². The molecule has 1 N–H and O–H groups in total. The maximum absolute atomic E-state index is 12.5. The third kappa shape index (κ3) is 6.23. The lowest BCUT2D eigenvalue weighted by Crippen LogP contribution is -2.52. The van der Waals surface area contributed by atoms with Gasteiger partial charge in [0.2, 0.25) is 5.88 Å². The summed E-state index contributed by atoms with van der Waals surface area (Å²) in [4.78, 5) is 17.3. The van der Waals surface area contributed by atoms with Crippen LogP contribution < -0.4 is 15.0 Å². The van der Waals surface area contributed by atoms with Gasteiger partial charge in [0, 0.05) is 50.7 Å². The minimum Gasteiger partial charge on any atom is -0.468 e. The fourth-order valence-electron chi connectivity index (χ4n) is 3.10. The van der Waals surface area contributed by atoms with E-state index in [1.807, 2.05) is 25.1 Å². The first-order valence-electron chi connectivity index (χ1n) is 9.79. The van der Waals surface area contributed by atoms with Crippen LogP contribution in [0.2, 0.25) is 0 Å². The summed E-state index contributed by atoms with van der Waals surface area (Å²) >= 11 is 0. The normalized spacial score (nSPS) is 15.3. The Morgan fingerprint density at radius 3 is 2.53 bits per heavy atom. The van der Waals surface area contributed by atoms with E-state index in [0.29, 0.717) is 18.1 Å². The van der Waals surface area contributed by atoms with E-state index in [1.165, 1.54) is 6.20 Å². The van der Waals surface area contributed by atoms with Crippen LogP contribution in [0.3, 0.4) is 0 Å². The van der Waals surface area contributed by atoms with Crippen LogP contribution in [-0.4, -0.2) is 66.3 Å². The fourth-order valence-corrected chi connectivity index (χ4v) is 3.10. The van der Waals surface area contributed by atoms with Gasteiger partial charge in [-0.3, -0.25) is 0 Å². The Morgan fingerprint density at radius 2 is 1.87 bits per heavy atom. The Labute approximate surface area is 173 Å². The molecule has 30 heavy (non-hydrogen) atoms. The first-order valence-corrected chi connectivity index (χ1v) is 9.79. The van der Waals surface area contributed by atoms with Gasteiger partial charge in [-0.05, 0) is 25.1 Å². The summed E-state index contributed by atoms with van der Waals surface area (Å²) < 4.78 is 42.3. The number of halogens is 3.